The molecule has 0 unspecified atom stereocenters. The Morgan fingerprint density at radius 1 is 1.25 bits per heavy atom. The predicted octanol–water partition coefficient (Wildman–Crippen LogP) is 0.317. The Kier molecular flexibility index (Phi) is 2.62. The van der Waals surface area contributed by atoms with Gasteiger partial charge in [0.15, 0.2) is 0 Å². The molecular formula is C11H12N2O3. The highest BCUT2D eigenvalue weighted by molar-refractivity contribution is 6.21. The zero-order valence-corrected chi connectivity index (χ0v) is 8.86. The number of carbonyl (C=O) groups excluding carboxylic acids is 2. The summed E-state index contributed by atoms with van der Waals surface area (Å²) in [7, 11) is 1.46. The van der Waals surface area contributed by atoms with Gasteiger partial charge >= 0.3 is 0 Å². The van der Waals surface area contributed by atoms with Crippen LogP contribution >= 0.6 is 0 Å². The maximum absolute atomic E-state index is 11.7. The summed E-state index contributed by atoms with van der Waals surface area (Å²) in [6, 6.07) is 4.98. The lowest BCUT2D eigenvalue weighted by molar-refractivity contribution is 0.0693. The topological polar surface area (TPSA) is 69.6 Å². The average molecular weight is 220 g/mol. The number of aliphatic hydroxyl groups excluding tert-OH is 1. The summed E-state index contributed by atoms with van der Waals surface area (Å²) in [5, 5.41) is 11.6. The number of aliphatic hydroxyl groups is 1. The van der Waals surface area contributed by atoms with E-state index in [1.165, 1.54) is 7.05 Å². The highest BCUT2D eigenvalue weighted by atomic mass is 16.3. The van der Waals surface area contributed by atoms with E-state index in [1.54, 1.807) is 18.2 Å². The fourth-order valence-electron chi connectivity index (χ4n) is 1.67. The lowest BCUT2D eigenvalue weighted by atomic mass is 10.1. The van der Waals surface area contributed by atoms with Gasteiger partial charge in [0.05, 0.1) is 17.7 Å². The molecule has 1 heterocycles. The first-order valence-electron chi connectivity index (χ1n) is 4.96. The predicted molar refractivity (Wildman–Crippen MR) is 58.4 cm³/mol. The van der Waals surface area contributed by atoms with Gasteiger partial charge in [-0.25, -0.2) is 0 Å². The molecular weight excluding hydrogens is 208 g/mol. The van der Waals surface area contributed by atoms with Crippen molar-refractivity contribution in [3.05, 3.63) is 29.3 Å². The summed E-state index contributed by atoms with van der Waals surface area (Å²) in [5.41, 5.74) is 1.57. The van der Waals surface area contributed by atoms with Crippen LogP contribution in [0.5, 0.6) is 0 Å². The second-order valence-corrected chi connectivity index (χ2v) is 3.58. The van der Waals surface area contributed by atoms with Crippen molar-refractivity contribution in [2.75, 3.05) is 25.5 Å². The zero-order valence-electron chi connectivity index (χ0n) is 8.86. The number of carbonyl (C=O) groups is 2. The molecule has 5 heteroatoms. The van der Waals surface area contributed by atoms with Gasteiger partial charge in [0, 0.05) is 19.3 Å². The van der Waals surface area contributed by atoms with Crippen molar-refractivity contribution in [2.45, 2.75) is 0 Å². The molecule has 1 aliphatic rings. The Balaban J connectivity index is 2.34. The summed E-state index contributed by atoms with van der Waals surface area (Å²) in [5.74, 6) is -0.554. The molecule has 1 aromatic rings. The minimum Gasteiger partial charge on any atom is -0.395 e. The van der Waals surface area contributed by atoms with E-state index in [0.29, 0.717) is 17.7 Å². The molecule has 16 heavy (non-hydrogen) atoms. The van der Waals surface area contributed by atoms with Crippen LogP contribution < -0.4 is 5.32 Å². The number of anilines is 1. The van der Waals surface area contributed by atoms with Gasteiger partial charge in [-0.3, -0.25) is 14.5 Å². The Morgan fingerprint density at radius 2 is 1.94 bits per heavy atom. The van der Waals surface area contributed by atoms with Gasteiger partial charge < -0.3 is 10.4 Å². The SMILES string of the molecule is CN1C(=O)c2ccc(NCCO)cc2C1=O. The first kappa shape index (κ1) is 10.6. The van der Waals surface area contributed by atoms with Crippen LogP contribution in [-0.2, 0) is 0 Å². The largest absolute Gasteiger partial charge is 0.395 e. The molecule has 0 radical (unpaired) electrons. The summed E-state index contributed by atoms with van der Waals surface area (Å²) >= 11 is 0. The monoisotopic (exact) mass is 220 g/mol. The van der Waals surface area contributed by atoms with E-state index in [4.69, 9.17) is 5.11 Å². The third-order valence-corrected chi connectivity index (χ3v) is 2.53. The first-order valence-corrected chi connectivity index (χ1v) is 4.96. The molecule has 0 saturated carbocycles. The number of hydrogen-bond acceptors (Lipinski definition) is 4. The van der Waals surface area contributed by atoms with Gasteiger partial charge in [0.2, 0.25) is 0 Å². The quantitative estimate of drug-likeness (QED) is 0.719. The van der Waals surface area contributed by atoms with Gasteiger partial charge in [0.25, 0.3) is 11.8 Å². The van der Waals surface area contributed by atoms with Crippen molar-refractivity contribution in [3.8, 4) is 0 Å². The number of fused-ring (bicyclic) bond motifs is 1. The van der Waals surface area contributed by atoms with Crippen LogP contribution in [0, 0.1) is 0 Å². The van der Waals surface area contributed by atoms with E-state index in [2.05, 4.69) is 5.32 Å². The number of nitrogens with zero attached hydrogens (tertiary/aromatic N) is 1. The van der Waals surface area contributed by atoms with Crippen LogP contribution in [0.15, 0.2) is 18.2 Å². The number of amides is 2. The number of rotatable bonds is 3. The van der Waals surface area contributed by atoms with Crippen LogP contribution in [-0.4, -0.2) is 42.0 Å². The molecule has 0 saturated heterocycles. The van der Waals surface area contributed by atoms with E-state index in [0.717, 1.165) is 10.6 Å². The average Bonchev–Trinajstić information content (AvgIpc) is 2.52. The highest BCUT2D eigenvalue weighted by Gasteiger charge is 2.32. The lowest BCUT2D eigenvalue weighted by Gasteiger charge is -2.04. The highest BCUT2D eigenvalue weighted by Crippen LogP contribution is 2.24. The maximum atomic E-state index is 11.7. The maximum Gasteiger partial charge on any atom is 0.261 e. The van der Waals surface area contributed by atoms with Gasteiger partial charge in [-0.1, -0.05) is 0 Å². The van der Waals surface area contributed by atoms with Gasteiger partial charge in [0.1, 0.15) is 0 Å². The molecule has 0 bridgehead atoms. The molecule has 1 aromatic carbocycles. The zero-order chi connectivity index (χ0) is 11.7. The van der Waals surface area contributed by atoms with Crippen molar-refractivity contribution in [2.24, 2.45) is 0 Å². The second-order valence-electron chi connectivity index (χ2n) is 3.58. The molecule has 0 aromatic heterocycles. The molecule has 1 aliphatic heterocycles. The Labute approximate surface area is 92.7 Å². The molecule has 2 amide bonds. The third kappa shape index (κ3) is 1.55. The van der Waals surface area contributed by atoms with E-state index in [1.807, 2.05) is 0 Å². The second kappa shape index (κ2) is 3.94. The third-order valence-electron chi connectivity index (χ3n) is 2.53. The van der Waals surface area contributed by atoms with Crippen molar-refractivity contribution in [1.82, 2.24) is 4.90 Å². The molecule has 0 aliphatic carbocycles. The van der Waals surface area contributed by atoms with E-state index < -0.39 is 0 Å². The van der Waals surface area contributed by atoms with Crippen molar-refractivity contribution in [3.63, 3.8) is 0 Å². The molecule has 0 fully saturated rings. The van der Waals surface area contributed by atoms with Gasteiger partial charge in [-0.15, -0.1) is 0 Å². The summed E-state index contributed by atoms with van der Waals surface area (Å²) < 4.78 is 0. The lowest BCUT2D eigenvalue weighted by Crippen LogP contribution is -2.24. The van der Waals surface area contributed by atoms with Crippen molar-refractivity contribution in [1.29, 1.82) is 0 Å². The Bertz CT molecular complexity index is 457. The van der Waals surface area contributed by atoms with Crippen LogP contribution in [0.3, 0.4) is 0 Å². The van der Waals surface area contributed by atoms with Crippen LogP contribution in [0.25, 0.3) is 0 Å². The van der Waals surface area contributed by atoms with Crippen molar-refractivity contribution >= 4 is 17.5 Å². The van der Waals surface area contributed by atoms with E-state index in [-0.39, 0.29) is 18.4 Å². The minimum absolute atomic E-state index is 0.0177. The molecule has 5 nitrogen and oxygen atoms in total. The number of nitrogens with one attached hydrogen (secondary N) is 1. The molecule has 2 N–H and O–H groups in total. The van der Waals surface area contributed by atoms with Crippen molar-refractivity contribution < 1.29 is 14.7 Å². The first-order chi connectivity index (χ1) is 7.65. The van der Waals surface area contributed by atoms with Crippen LogP contribution in [0.1, 0.15) is 20.7 Å². The molecule has 0 atom stereocenters. The van der Waals surface area contributed by atoms with Crippen LogP contribution in [0.4, 0.5) is 5.69 Å². The van der Waals surface area contributed by atoms with E-state index in [9.17, 15) is 9.59 Å². The minimum atomic E-state index is -0.285. The van der Waals surface area contributed by atoms with Gasteiger partial charge in [-0.05, 0) is 18.2 Å². The van der Waals surface area contributed by atoms with E-state index >= 15 is 0 Å². The molecule has 0 spiro atoms. The smallest absolute Gasteiger partial charge is 0.261 e. The standard InChI is InChI=1S/C11H12N2O3/c1-13-10(15)8-3-2-7(12-4-5-14)6-9(8)11(13)16/h2-3,6,12,14H,4-5H2,1H3. The summed E-state index contributed by atoms with van der Waals surface area (Å²) in [6.07, 6.45) is 0. The normalized spacial score (nSPS) is 14.2. The van der Waals surface area contributed by atoms with Gasteiger partial charge in [-0.2, -0.15) is 0 Å². The molecule has 2 rings (SSSR count). The fourth-order valence-corrected chi connectivity index (χ4v) is 1.67. The summed E-state index contributed by atoms with van der Waals surface area (Å²) in [6.45, 7) is 0.431. The fraction of sp³-hybridized carbons (Fsp3) is 0.273. The summed E-state index contributed by atoms with van der Waals surface area (Å²) in [4.78, 5) is 24.3. The number of benzene rings is 1. The Hall–Kier alpha value is -1.88. The number of hydrogen-bond donors (Lipinski definition) is 2. The Morgan fingerprint density at radius 3 is 2.62 bits per heavy atom. The number of imide groups is 1. The van der Waals surface area contributed by atoms with Crippen LogP contribution in [0.2, 0.25) is 0 Å². The molecule has 84 valence electrons.